The molecule has 1 heterocycles. The summed E-state index contributed by atoms with van der Waals surface area (Å²) < 4.78 is 0. The number of thiophene rings is 1. The zero-order valence-corrected chi connectivity index (χ0v) is 11.8. The van der Waals surface area contributed by atoms with Crippen LogP contribution in [0.1, 0.15) is 55.3 Å². The van der Waals surface area contributed by atoms with Crippen LogP contribution in [0.15, 0.2) is 23.8 Å². The molecule has 1 aromatic heterocycles. The summed E-state index contributed by atoms with van der Waals surface area (Å²) in [4.78, 5) is 3.00. The molecule has 1 aliphatic carbocycles. The number of hydrogen-bond donors (Lipinski definition) is 1. The van der Waals surface area contributed by atoms with Crippen LogP contribution in [0.25, 0.3) is 0 Å². The molecule has 0 saturated heterocycles. The van der Waals surface area contributed by atoms with Crippen LogP contribution in [0, 0.1) is 0 Å². The Hall–Kier alpha value is -0.600. The van der Waals surface area contributed by atoms with Gasteiger partial charge in [-0.05, 0) is 50.8 Å². The molecule has 94 valence electrons. The summed E-state index contributed by atoms with van der Waals surface area (Å²) in [5.74, 6) is 0. The number of rotatable bonds is 6. The lowest BCUT2D eigenvalue weighted by Gasteiger charge is -2.18. The predicted octanol–water partition coefficient (Wildman–Crippen LogP) is 4.46. The van der Waals surface area contributed by atoms with E-state index < -0.39 is 0 Å². The Morgan fingerprint density at radius 1 is 1.35 bits per heavy atom. The number of aryl methyl sites for hydroxylation is 1. The van der Waals surface area contributed by atoms with Gasteiger partial charge in [0.25, 0.3) is 0 Å². The minimum absolute atomic E-state index is 0.489. The molecule has 0 saturated carbocycles. The van der Waals surface area contributed by atoms with Gasteiger partial charge in [-0.2, -0.15) is 0 Å². The molecule has 0 amide bonds. The van der Waals surface area contributed by atoms with E-state index in [2.05, 4.69) is 37.4 Å². The SMILES string of the molecule is CCCNC(C1=CCCC1)c1ccc(CC)s1. The zero-order chi connectivity index (χ0) is 12.1. The molecule has 0 bridgehead atoms. The molecule has 1 aliphatic rings. The summed E-state index contributed by atoms with van der Waals surface area (Å²) >= 11 is 1.97. The Labute approximate surface area is 109 Å². The van der Waals surface area contributed by atoms with Crippen molar-refractivity contribution >= 4 is 11.3 Å². The Bertz CT molecular complexity index is 378. The highest BCUT2D eigenvalue weighted by Gasteiger charge is 2.19. The number of hydrogen-bond acceptors (Lipinski definition) is 2. The van der Waals surface area contributed by atoms with Crippen LogP contribution >= 0.6 is 11.3 Å². The highest BCUT2D eigenvalue weighted by atomic mass is 32.1. The summed E-state index contributed by atoms with van der Waals surface area (Å²) in [7, 11) is 0. The molecule has 0 fully saturated rings. The van der Waals surface area contributed by atoms with Gasteiger partial charge < -0.3 is 5.32 Å². The quantitative estimate of drug-likeness (QED) is 0.734. The normalized spacial score (nSPS) is 17.2. The van der Waals surface area contributed by atoms with Crippen LogP contribution in [-0.4, -0.2) is 6.54 Å². The molecule has 0 radical (unpaired) electrons. The first-order valence-electron chi connectivity index (χ1n) is 6.86. The van der Waals surface area contributed by atoms with E-state index in [1.165, 1.54) is 35.4 Å². The van der Waals surface area contributed by atoms with Gasteiger partial charge in [0.1, 0.15) is 0 Å². The van der Waals surface area contributed by atoms with Gasteiger partial charge in [-0.1, -0.05) is 25.5 Å². The van der Waals surface area contributed by atoms with Gasteiger partial charge in [0.05, 0.1) is 6.04 Å². The van der Waals surface area contributed by atoms with Crippen LogP contribution in [0.5, 0.6) is 0 Å². The Morgan fingerprint density at radius 3 is 2.82 bits per heavy atom. The lowest BCUT2D eigenvalue weighted by Crippen LogP contribution is -2.22. The summed E-state index contributed by atoms with van der Waals surface area (Å²) in [5, 5.41) is 3.71. The predicted molar refractivity (Wildman–Crippen MR) is 76.7 cm³/mol. The van der Waals surface area contributed by atoms with Crippen molar-refractivity contribution in [3.05, 3.63) is 33.5 Å². The van der Waals surface area contributed by atoms with Gasteiger partial charge >= 0.3 is 0 Å². The van der Waals surface area contributed by atoms with Crippen molar-refractivity contribution in [3.8, 4) is 0 Å². The van der Waals surface area contributed by atoms with Gasteiger partial charge in [-0.25, -0.2) is 0 Å². The Balaban J connectivity index is 2.13. The summed E-state index contributed by atoms with van der Waals surface area (Å²) in [6, 6.07) is 5.09. The third kappa shape index (κ3) is 3.20. The molecule has 0 aromatic carbocycles. The number of allylic oxidation sites excluding steroid dienone is 1. The largest absolute Gasteiger partial charge is 0.306 e. The highest BCUT2D eigenvalue weighted by Crippen LogP contribution is 2.34. The minimum Gasteiger partial charge on any atom is -0.306 e. The molecule has 17 heavy (non-hydrogen) atoms. The Morgan fingerprint density at radius 2 is 2.24 bits per heavy atom. The van der Waals surface area contributed by atoms with Gasteiger partial charge in [-0.3, -0.25) is 0 Å². The van der Waals surface area contributed by atoms with Crippen molar-refractivity contribution in [2.75, 3.05) is 6.54 Å². The molecular formula is C15H23NS. The maximum Gasteiger partial charge on any atom is 0.0630 e. The molecule has 1 nitrogen and oxygen atoms in total. The third-order valence-electron chi connectivity index (χ3n) is 3.36. The van der Waals surface area contributed by atoms with E-state index in [9.17, 15) is 0 Å². The standard InChI is InChI=1S/C15H23NS/c1-3-11-16-15(12-7-5-6-8-12)14-10-9-13(4-2)17-14/h7,9-10,15-16H,3-6,8,11H2,1-2H3. The van der Waals surface area contributed by atoms with Crippen molar-refractivity contribution in [1.82, 2.24) is 5.32 Å². The second-order valence-corrected chi connectivity index (χ2v) is 5.92. The highest BCUT2D eigenvalue weighted by molar-refractivity contribution is 7.12. The fourth-order valence-corrected chi connectivity index (χ4v) is 3.47. The van der Waals surface area contributed by atoms with E-state index in [-0.39, 0.29) is 0 Å². The fraction of sp³-hybridized carbons (Fsp3) is 0.600. The van der Waals surface area contributed by atoms with Crippen LogP contribution in [-0.2, 0) is 6.42 Å². The molecule has 0 spiro atoms. The molecule has 2 rings (SSSR count). The van der Waals surface area contributed by atoms with E-state index in [0.717, 1.165) is 13.0 Å². The van der Waals surface area contributed by atoms with Gasteiger partial charge in [0, 0.05) is 9.75 Å². The maximum atomic E-state index is 3.71. The van der Waals surface area contributed by atoms with E-state index in [1.807, 2.05) is 11.3 Å². The van der Waals surface area contributed by atoms with Gasteiger partial charge in [0.15, 0.2) is 0 Å². The lowest BCUT2D eigenvalue weighted by atomic mass is 10.0. The van der Waals surface area contributed by atoms with Crippen LogP contribution in [0.3, 0.4) is 0 Å². The van der Waals surface area contributed by atoms with Crippen molar-refractivity contribution in [1.29, 1.82) is 0 Å². The summed E-state index contributed by atoms with van der Waals surface area (Å²) in [6.45, 7) is 5.58. The average molecular weight is 249 g/mol. The molecule has 2 heteroatoms. The second-order valence-electron chi connectivity index (χ2n) is 4.72. The number of nitrogens with one attached hydrogen (secondary N) is 1. The molecular weight excluding hydrogens is 226 g/mol. The van der Waals surface area contributed by atoms with E-state index >= 15 is 0 Å². The molecule has 1 unspecified atom stereocenters. The van der Waals surface area contributed by atoms with E-state index in [0.29, 0.717) is 6.04 Å². The van der Waals surface area contributed by atoms with E-state index in [4.69, 9.17) is 0 Å². The van der Waals surface area contributed by atoms with Crippen LogP contribution in [0.2, 0.25) is 0 Å². The third-order valence-corrected chi connectivity index (χ3v) is 4.66. The zero-order valence-electron chi connectivity index (χ0n) is 11.0. The molecule has 0 aliphatic heterocycles. The minimum atomic E-state index is 0.489. The topological polar surface area (TPSA) is 12.0 Å². The van der Waals surface area contributed by atoms with Crippen LogP contribution < -0.4 is 5.32 Å². The average Bonchev–Trinajstić information content (AvgIpc) is 3.00. The summed E-state index contributed by atoms with van der Waals surface area (Å²) in [5.41, 5.74) is 1.61. The fourth-order valence-electron chi connectivity index (χ4n) is 2.40. The molecule has 1 aromatic rings. The molecule has 1 N–H and O–H groups in total. The van der Waals surface area contributed by atoms with Crippen molar-refractivity contribution in [2.45, 2.75) is 52.0 Å². The van der Waals surface area contributed by atoms with Crippen molar-refractivity contribution in [3.63, 3.8) is 0 Å². The molecule has 1 atom stereocenters. The smallest absolute Gasteiger partial charge is 0.0630 e. The lowest BCUT2D eigenvalue weighted by molar-refractivity contribution is 0.585. The van der Waals surface area contributed by atoms with Crippen molar-refractivity contribution < 1.29 is 0 Å². The van der Waals surface area contributed by atoms with E-state index in [1.54, 1.807) is 5.57 Å². The first-order valence-corrected chi connectivity index (χ1v) is 7.67. The first kappa shape index (κ1) is 12.8. The van der Waals surface area contributed by atoms with Gasteiger partial charge in [-0.15, -0.1) is 11.3 Å². The van der Waals surface area contributed by atoms with Crippen molar-refractivity contribution in [2.24, 2.45) is 0 Å². The van der Waals surface area contributed by atoms with Crippen LogP contribution in [0.4, 0.5) is 0 Å². The maximum absolute atomic E-state index is 3.71. The summed E-state index contributed by atoms with van der Waals surface area (Å²) in [6.07, 6.45) is 8.69. The second kappa shape index (κ2) is 6.36. The monoisotopic (exact) mass is 249 g/mol. The van der Waals surface area contributed by atoms with Gasteiger partial charge in [0.2, 0.25) is 0 Å². The first-order chi connectivity index (χ1) is 8.35. The Kier molecular flexibility index (Phi) is 4.81.